The van der Waals surface area contributed by atoms with E-state index in [4.69, 9.17) is 11.5 Å². The van der Waals surface area contributed by atoms with Crippen LogP contribution in [-0.2, 0) is 0 Å². The summed E-state index contributed by atoms with van der Waals surface area (Å²) < 4.78 is 0. The zero-order valence-electron chi connectivity index (χ0n) is 9.44. The Hall–Kier alpha value is -2.36. The molecule has 0 bridgehead atoms. The number of anilines is 2. The molecule has 4 N–H and O–H groups in total. The van der Waals surface area contributed by atoms with Crippen molar-refractivity contribution in [1.29, 1.82) is 0 Å². The second kappa shape index (κ2) is 3.31. The van der Waals surface area contributed by atoms with Gasteiger partial charge in [0.15, 0.2) is 0 Å². The maximum absolute atomic E-state index is 5.94. The Balaban J connectivity index is 2.60. The van der Waals surface area contributed by atoms with Gasteiger partial charge in [0.1, 0.15) is 5.82 Å². The summed E-state index contributed by atoms with van der Waals surface area (Å²) in [4.78, 5) is 8.23. The third-order valence-electron chi connectivity index (χ3n) is 2.98. The lowest BCUT2D eigenvalue weighted by molar-refractivity contribution is 1.25. The van der Waals surface area contributed by atoms with Crippen molar-refractivity contribution in [2.45, 2.75) is 6.92 Å². The molecule has 0 aliphatic rings. The quantitative estimate of drug-likeness (QED) is 0.574. The Bertz CT molecular complexity index is 734. The zero-order chi connectivity index (χ0) is 12.0. The molecule has 4 nitrogen and oxygen atoms in total. The molecule has 0 saturated heterocycles. The number of fused-ring (bicyclic) bond motifs is 3. The summed E-state index contributed by atoms with van der Waals surface area (Å²) in [6.07, 6.45) is 0. The van der Waals surface area contributed by atoms with Crippen LogP contribution < -0.4 is 11.5 Å². The van der Waals surface area contributed by atoms with Gasteiger partial charge >= 0.3 is 0 Å². The van der Waals surface area contributed by atoms with Crippen LogP contribution in [-0.4, -0.2) is 9.97 Å². The molecule has 0 saturated carbocycles. The van der Waals surface area contributed by atoms with E-state index in [1.165, 1.54) is 10.9 Å². The topological polar surface area (TPSA) is 77.8 Å². The second-order valence-corrected chi connectivity index (χ2v) is 4.10. The maximum atomic E-state index is 5.94. The molecule has 3 rings (SSSR count). The standard InChI is InChI=1S/C13H12N4/c1-7-3-2-4-9-8(7)5-6-10-11(9)12(14)17-13(15)16-10/h2-6H,1H3,(H4,14,15,16,17). The van der Waals surface area contributed by atoms with Crippen molar-refractivity contribution < 1.29 is 0 Å². The van der Waals surface area contributed by atoms with Gasteiger partial charge in [-0.25, -0.2) is 4.98 Å². The van der Waals surface area contributed by atoms with Crippen LogP contribution in [0.3, 0.4) is 0 Å². The van der Waals surface area contributed by atoms with Crippen LogP contribution in [0.4, 0.5) is 11.8 Å². The van der Waals surface area contributed by atoms with E-state index in [1.807, 2.05) is 24.3 Å². The molecule has 0 aliphatic heterocycles. The molecule has 0 radical (unpaired) electrons. The predicted octanol–water partition coefficient (Wildman–Crippen LogP) is 2.26. The molecule has 0 unspecified atom stereocenters. The first-order valence-corrected chi connectivity index (χ1v) is 5.38. The van der Waals surface area contributed by atoms with E-state index in [9.17, 15) is 0 Å². The lowest BCUT2D eigenvalue weighted by Crippen LogP contribution is -2.00. The highest BCUT2D eigenvalue weighted by Crippen LogP contribution is 2.29. The van der Waals surface area contributed by atoms with Gasteiger partial charge in [0.2, 0.25) is 5.95 Å². The summed E-state index contributed by atoms with van der Waals surface area (Å²) >= 11 is 0. The molecule has 3 aromatic rings. The lowest BCUT2D eigenvalue weighted by Gasteiger charge is -2.08. The molecule has 84 valence electrons. The first-order valence-electron chi connectivity index (χ1n) is 5.38. The van der Waals surface area contributed by atoms with Crippen molar-refractivity contribution in [3.8, 4) is 0 Å². The molecule has 0 spiro atoms. The predicted molar refractivity (Wildman–Crippen MR) is 70.6 cm³/mol. The zero-order valence-corrected chi connectivity index (χ0v) is 9.44. The number of hydrogen-bond donors (Lipinski definition) is 2. The van der Waals surface area contributed by atoms with Gasteiger partial charge in [0.05, 0.1) is 10.9 Å². The number of rotatable bonds is 0. The van der Waals surface area contributed by atoms with Gasteiger partial charge in [-0.05, 0) is 29.3 Å². The monoisotopic (exact) mass is 224 g/mol. The number of benzene rings is 2. The highest BCUT2D eigenvalue weighted by Gasteiger charge is 2.08. The third-order valence-corrected chi connectivity index (χ3v) is 2.98. The smallest absolute Gasteiger partial charge is 0.222 e. The summed E-state index contributed by atoms with van der Waals surface area (Å²) in [7, 11) is 0. The molecule has 1 aromatic heterocycles. The lowest BCUT2D eigenvalue weighted by atomic mass is 10.0. The Morgan fingerprint density at radius 2 is 1.76 bits per heavy atom. The van der Waals surface area contributed by atoms with Crippen molar-refractivity contribution in [2.75, 3.05) is 11.5 Å². The number of hydrogen-bond acceptors (Lipinski definition) is 4. The molecular weight excluding hydrogens is 212 g/mol. The van der Waals surface area contributed by atoms with Crippen molar-refractivity contribution in [1.82, 2.24) is 9.97 Å². The third kappa shape index (κ3) is 1.38. The fraction of sp³-hybridized carbons (Fsp3) is 0.0769. The van der Waals surface area contributed by atoms with Gasteiger partial charge < -0.3 is 11.5 Å². The first-order chi connectivity index (χ1) is 8.16. The Morgan fingerprint density at radius 3 is 2.59 bits per heavy atom. The summed E-state index contributed by atoms with van der Waals surface area (Å²) in [5.41, 5.74) is 13.5. The van der Waals surface area contributed by atoms with Gasteiger partial charge in [-0.3, -0.25) is 0 Å². The van der Waals surface area contributed by atoms with Crippen LogP contribution in [0.15, 0.2) is 30.3 Å². The van der Waals surface area contributed by atoms with E-state index in [0.717, 1.165) is 16.3 Å². The molecule has 0 aliphatic carbocycles. The fourth-order valence-corrected chi connectivity index (χ4v) is 2.19. The van der Waals surface area contributed by atoms with Gasteiger partial charge in [-0.15, -0.1) is 0 Å². The molecule has 0 atom stereocenters. The van der Waals surface area contributed by atoms with Crippen LogP contribution in [0.5, 0.6) is 0 Å². The van der Waals surface area contributed by atoms with Crippen LogP contribution in [0.25, 0.3) is 21.7 Å². The number of nitrogen functional groups attached to an aromatic ring is 2. The summed E-state index contributed by atoms with van der Waals surface area (Å²) in [5, 5.41) is 3.11. The minimum Gasteiger partial charge on any atom is -0.383 e. The SMILES string of the molecule is Cc1cccc2c1ccc1nc(N)nc(N)c12. The number of aryl methyl sites for hydroxylation is 1. The molecule has 4 heteroatoms. The first kappa shape index (κ1) is 9.84. The Kier molecular flexibility index (Phi) is 1.92. The Morgan fingerprint density at radius 1 is 0.941 bits per heavy atom. The van der Waals surface area contributed by atoms with Crippen molar-refractivity contribution in [2.24, 2.45) is 0 Å². The normalized spacial score (nSPS) is 11.1. The van der Waals surface area contributed by atoms with Gasteiger partial charge in [-0.2, -0.15) is 4.98 Å². The second-order valence-electron chi connectivity index (χ2n) is 4.10. The van der Waals surface area contributed by atoms with Gasteiger partial charge in [0, 0.05) is 0 Å². The van der Waals surface area contributed by atoms with Crippen molar-refractivity contribution in [3.63, 3.8) is 0 Å². The molecule has 1 heterocycles. The van der Waals surface area contributed by atoms with Crippen molar-refractivity contribution >= 4 is 33.4 Å². The average Bonchev–Trinajstić information content (AvgIpc) is 2.28. The minimum atomic E-state index is 0.210. The van der Waals surface area contributed by atoms with E-state index >= 15 is 0 Å². The number of nitrogens with two attached hydrogens (primary N) is 2. The fourth-order valence-electron chi connectivity index (χ4n) is 2.19. The maximum Gasteiger partial charge on any atom is 0.222 e. The number of aromatic nitrogens is 2. The van der Waals surface area contributed by atoms with Crippen LogP contribution >= 0.6 is 0 Å². The summed E-state index contributed by atoms with van der Waals surface area (Å²) in [6, 6.07) is 10.1. The summed E-state index contributed by atoms with van der Waals surface area (Å²) in [5.74, 6) is 0.644. The molecular formula is C13H12N4. The highest BCUT2D eigenvalue weighted by molar-refractivity contribution is 6.11. The number of nitrogens with zero attached hydrogens (tertiary/aromatic N) is 2. The highest BCUT2D eigenvalue weighted by atomic mass is 15.0. The molecule has 0 fully saturated rings. The van der Waals surface area contributed by atoms with Crippen LogP contribution in [0.2, 0.25) is 0 Å². The molecule has 2 aromatic carbocycles. The van der Waals surface area contributed by atoms with E-state index in [2.05, 4.69) is 23.0 Å². The molecule has 0 amide bonds. The van der Waals surface area contributed by atoms with Crippen molar-refractivity contribution in [3.05, 3.63) is 35.9 Å². The minimum absolute atomic E-state index is 0.210. The van der Waals surface area contributed by atoms with E-state index in [0.29, 0.717) is 5.82 Å². The van der Waals surface area contributed by atoms with Crippen LogP contribution in [0, 0.1) is 6.92 Å². The van der Waals surface area contributed by atoms with Gasteiger partial charge in [0.25, 0.3) is 0 Å². The molecule has 17 heavy (non-hydrogen) atoms. The van der Waals surface area contributed by atoms with E-state index in [1.54, 1.807) is 0 Å². The Labute approximate surface area is 98.3 Å². The van der Waals surface area contributed by atoms with Gasteiger partial charge in [-0.1, -0.05) is 24.3 Å². The van der Waals surface area contributed by atoms with E-state index in [-0.39, 0.29) is 5.95 Å². The average molecular weight is 224 g/mol. The van der Waals surface area contributed by atoms with E-state index < -0.39 is 0 Å². The largest absolute Gasteiger partial charge is 0.383 e. The summed E-state index contributed by atoms with van der Waals surface area (Å²) in [6.45, 7) is 2.07. The van der Waals surface area contributed by atoms with Crippen LogP contribution in [0.1, 0.15) is 5.56 Å².